The van der Waals surface area contributed by atoms with E-state index in [1.54, 1.807) is 6.07 Å². The Labute approximate surface area is 127 Å². The molecule has 3 nitrogen and oxygen atoms in total. The maximum atomic E-state index is 12.7. The minimum absolute atomic E-state index is 0.0610. The first-order chi connectivity index (χ1) is 9.51. The second-order valence-corrected chi connectivity index (χ2v) is 5.49. The third-order valence-electron chi connectivity index (χ3n) is 3.53. The fourth-order valence-electron chi connectivity index (χ4n) is 2.04. The number of nitrogens with two attached hydrogens (primary N) is 1. The zero-order valence-electron chi connectivity index (χ0n) is 12.6. The first-order valence-electron chi connectivity index (χ1n) is 7.22. The van der Waals surface area contributed by atoms with Gasteiger partial charge in [-0.15, -0.1) is 0 Å². The summed E-state index contributed by atoms with van der Waals surface area (Å²) < 4.78 is 0. The summed E-state index contributed by atoms with van der Waals surface area (Å²) >= 11 is 4.97. The number of rotatable bonds is 7. The molecule has 110 valence electrons. The molecule has 1 aromatic rings. The maximum absolute atomic E-state index is 12.7. The van der Waals surface area contributed by atoms with Crippen LogP contribution in [0.1, 0.15) is 56.0 Å². The Hall–Kier alpha value is -1.42. The molecule has 2 N–H and O–H groups in total. The zero-order chi connectivity index (χ0) is 15.1. The molecule has 1 aromatic carbocycles. The van der Waals surface area contributed by atoms with E-state index < -0.39 is 0 Å². The quantitative estimate of drug-likeness (QED) is 0.784. The summed E-state index contributed by atoms with van der Waals surface area (Å²) in [5.41, 5.74) is 7.03. The molecule has 1 amide bonds. The molecule has 1 unspecified atom stereocenters. The maximum Gasteiger partial charge on any atom is 0.254 e. The number of nitrogens with zero attached hydrogens (tertiary/aromatic N) is 1. The summed E-state index contributed by atoms with van der Waals surface area (Å²) in [5.74, 6) is 0.0610. The van der Waals surface area contributed by atoms with E-state index in [1.807, 2.05) is 23.1 Å². The largest absolute Gasteiger partial charge is 0.389 e. The Kier molecular flexibility index (Phi) is 6.65. The van der Waals surface area contributed by atoms with Crippen LogP contribution in [0, 0.1) is 0 Å². The third-order valence-corrected chi connectivity index (χ3v) is 3.77. The Morgan fingerprint density at radius 3 is 2.55 bits per heavy atom. The van der Waals surface area contributed by atoms with Crippen LogP contribution >= 0.6 is 12.2 Å². The number of thiocarbonyl (C=S) groups is 1. The standard InChI is InChI=1S/C16H24N2OS/c1-4-6-10-18(12(3)5-2)16(19)14-9-7-8-13(11-14)15(17)20/h7-9,11-12H,4-6,10H2,1-3H3,(H2,17,20). The Balaban J connectivity index is 2.98. The molecule has 0 fully saturated rings. The van der Waals surface area contributed by atoms with Gasteiger partial charge in [0.15, 0.2) is 0 Å². The molecule has 0 radical (unpaired) electrons. The molecule has 1 atom stereocenters. The van der Waals surface area contributed by atoms with Crippen molar-refractivity contribution in [3.05, 3.63) is 35.4 Å². The van der Waals surface area contributed by atoms with Crippen molar-refractivity contribution in [2.24, 2.45) is 5.73 Å². The fourth-order valence-corrected chi connectivity index (χ4v) is 2.17. The average molecular weight is 292 g/mol. The van der Waals surface area contributed by atoms with Gasteiger partial charge in [-0.1, -0.05) is 44.6 Å². The molecule has 0 saturated heterocycles. The van der Waals surface area contributed by atoms with E-state index in [9.17, 15) is 4.79 Å². The van der Waals surface area contributed by atoms with Gasteiger partial charge in [-0.25, -0.2) is 0 Å². The first kappa shape index (κ1) is 16.6. The van der Waals surface area contributed by atoms with Crippen LogP contribution in [0.3, 0.4) is 0 Å². The molecule has 0 saturated carbocycles. The van der Waals surface area contributed by atoms with E-state index in [-0.39, 0.29) is 11.9 Å². The lowest BCUT2D eigenvalue weighted by atomic mass is 10.1. The summed E-state index contributed by atoms with van der Waals surface area (Å²) in [6.45, 7) is 7.11. The minimum Gasteiger partial charge on any atom is -0.389 e. The van der Waals surface area contributed by atoms with Gasteiger partial charge in [0.25, 0.3) is 5.91 Å². The van der Waals surface area contributed by atoms with E-state index in [4.69, 9.17) is 18.0 Å². The number of carbonyl (C=O) groups excluding carboxylic acids is 1. The molecular weight excluding hydrogens is 268 g/mol. The zero-order valence-corrected chi connectivity index (χ0v) is 13.4. The number of hydrogen-bond donors (Lipinski definition) is 1. The number of carbonyl (C=O) groups is 1. The van der Waals surface area contributed by atoms with E-state index in [1.165, 1.54) is 0 Å². The van der Waals surface area contributed by atoms with Gasteiger partial charge < -0.3 is 10.6 Å². The predicted octanol–water partition coefficient (Wildman–Crippen LogP) is 3.36. The molecule has 0 aliphatic carbocycles. The Morgan fingerprint density at radius 2 is 2.00 bits per heavy atom. The van der Waals surface area contributed by atoms with Gasteiger partial charge >= 0.3 is 0 Å². The smallest absolute Gasteiger partial charge is 0.254 e. The topological polar surface area (TPSA) is 46.3 Å². The monoisotopic (exact) mass is 292 g/mol. The highest BCUT2D eigenvalue weighted by molar-refractivity contribution is 7.80. The Morgan fingerprint density at radius 1 is 1.35 bits per heavy atom. The fraction of sp³-hybridized carbons (Fsp3) is 0.500. The second-order valence-electron chi connectivity index (χ2n) is 5.05. The van der Waals surface area contributed by atoms with Gasteiger partial charge in [-0.05, 0) is 31.9 Å². The van der Waals surface area contributed by atoms with Crippen molar-refractivity contribution in [3.63, 3.8) is 0 Å². The van der Waals surface area contributed by atoms with Crippen molar-refractivity contribution < 1.29 is 4.79 Å². The highest BCUT2D eigenvalue weighted by Crippen LogP contribution is 2.14. The molecule has 0 spiro atoms. The van der Waals surface area contributed by atoms with Gasteiger partial charge in [0.05, 0.1) is 0 Å². The summed E-state index contributed by atoms with van der Waals surface area (Å²) in [4.78, 5) is 14.9. The van der Waals surface area contributed by atoms with Crippen molar-refractivity contribution >= 4 is 23.1 Å². The molecule has 1 rings (SSSR count). The van der Waals surface area contributed by atoms with Crippen molar-refractivity contribution in [3.8, 4) is 0 Å². The summed E-state index contributed by atoms with van der Waals surface area (Å²) in [7, 11) is 0. The summed E-state index contributed by atoms with van der Waals surface area (Å²) in [6.07, 6.45) is 3.04. The van der Waals surface area contributed by atoms with Crippen LogP contribution < -0.4 is 5.73 Å². The lowest BCUT2D eigenvalue weighted by molar-refractivity contribution is 0.0685. The van der Waals surface area contributed by atoms with Crippen molar-refractivity contribution in [2.45, 2.75) is 46.1 Å². The molecule has 4 heteroatoms. The van der Waals surface area contributed by atoms with E-state index in [2.05, 4.69) is 20.8 Å². The van der Waals surface area contributed by atoms with Crippen LogP contribution in [0.4, 0.5) is 0 Å². The Bertz CT molecular complexity index is 473. The SMILES string of the molecule is CCCCN(C(=O)c1cccc(C(N)=S)c1)C(C)CC. The van der Waals surface area contributed by atoms with Crippen molar-refractivity contribution in [1.82, 2.24) is 4.90 Å². The van der Waals surface area contributed by atoms with Gasteiger partial charge in [0, 0.05) is 23.7 Å². The molecular formula is C16H24N2OS. The van der Waals surface area contributed by atoms with Crippen LogP contribution in [0.25, 0.3) is 0 Å². The molecule has 0 bridgehead atoms. The minimum atomic E-state index is 0.0610. The van der Waals surface area contributed by atoms with E-state index in [0.717, 1.165) is 31.4 Å². The number of amides is 1. The van der Waals surface area contributed by atoms with Crippen LogP contribution in [0.5, 0.6) is 0 Å². The van der Waals surface area contributed by atoms with E-state index >= 15 is 0 Å². The van der Waals surface area contributed by atoms with Crippen LogP contribution in [-0.2, 0) is 0 Å². The molecule has 0 aliphatic rings. The number of hydrogen-bond acceptors (Lipinski definition) is 2. The van der Waals surface area contributed by atoms with Gasteiger partial charge in [0.2, 0.25) is 0 Å². The second kappa shape index (κ2) is 8.00. The third kappa shape index (κ3) is 4.30. The van der Waals surface area contributed by atoms with Crippen molar-refractivity contribution in [1.29, 1.82) is 0 Å². The molecule has 0 aromatic heterocycles. The van der Waals surface area contributed by atoms with Gasteiger partial charge in [-0.3, -0.25) is 4.79 Å². The molecule has 0 aliphatic heterocycles. The number of benzene rings is 1. The lowest BCUT2D eigenvalue weighted by Crippen LogP contribution is -2.39. The predicted molar refractivity (Wildman–Crippen MR) is 88.0 cm³/mol. The molecule has 0 heterocycles. The highest BCUT2D eigenvalue weighted by Gasteiger charge is 2.20. The normalized spacial score (nSPS) is 11.9. The van der Waals surface area contributed by atoms with Gasteiger partial charge in [0.1, 0.15) is 4.99 Å². The van der Waals surface area contributed by atoms with Gasteiger partial charge in [-0.2, -0.15) is 0 Å². The van der Waals surface area contributed by atoms with E-state index in [0.29, 0.717) is 10.6 Å². The van der Waals surface area contributed by atoms with Crippen LogP contribution in [0.15, 0.2) is 24.3 Å². The lowest BCUT2D eigenvalue weighted by Gasteiger charge is -2.28. The van der Waals surface area contributed by atoms with Crippen LogP contribution in [0.2, 0.25) is 0 Å². The molecule has 20 heavy (non-hydrogen) atoms. The highest BCUT2D eigenvalue weighted by atomic mass is 32.1. The summed E-state index contributed by atoms with van der Waals surface area (Å²) in [6, 6.07) is 7.51. The number of unbranched alkanes of at least 4 members (excludes halogenated alkanes) is 1. The van der Waals surface area contributed by atoms with Crippen LogP contribution in [-0.4, -0.2) is 28.4 Å². The van der Waals surface area contributed by atoms with Crippen molar-refractivity contribution in [2.75, 3.05) is 6.54 Å². The average Bonchev–Trinajstić information content (AvgIpc) is 2.47. The summed E-state index contributed by atoms with van der Waals surface area (Å²) in [5, 5.41) is 0. The first-order valence-corrected chi connectivity index (χ1v) is 7.62.